The Balaban J connectivity index is 2.33. The Bertz CT molecular complexity index is 594. The van der Waals surface area contributed by atoms with E-state index in [1.54, 1.807) is 7.11 Å². The molecule has 6 nitrogen and oxygen atoms in total. The Hall–Kier alpha value is -0.700. The largest absolute Gasteiger partial charge is 0.383 e. The number of sulfonamides is 1. The molecule has 2 atom stereocenters. The molecule has 1 saturated heterocycles. The molecule has 1 aromatic heterocycles. The summed E-state index contributed by atoms with van der Waals surface area (Å²) < 4.78 is 32.7. The normalized spacial score (nSPS) is 24.8. The van der Waals surface area contributed by atoms with E-state index in [1.807, 2.05) is 0 Å². The van der Waals surface area contributed by atoms with E-state index in [0.29, 0.717) is 23.5 Å². The van der Waals surface area contributed by atoms with Gasteiger partial charge in [0, 0.05) is 30.9 Å². The minimum Gasteiger partial charge on any atom is -0.383 e. The lowest BCUT2D eigenvalue weighted by Crippen LogP contribution is -2.46. The molecule has 0 aromatic carbocycles. The van der Waals surface area contributed by atoms with Gasteiger partial charge in [-0.05, 0) is 34.3 Å². The maximum absolute atomic E-state index is 12.7. The van der Waals surface area contributed by atoms with Gasteiger partial charge in [-0.3, -0.25) is 0 Å². The Morgan fingerprint density at radius 2 is 2.25 bits per heavy atom. The summed E-state index contributed by atoms with van der Waals surface area (Å²) in [6, 6.07) is 1.48. The number of ether oxygens (including phenoxy) is 1. The minimum atomic E-state index is -3.65. The second-order valence-electron chi connectivity index (χ2n) is 4.94. The maximum Gasteiger partial charge on any atom is 0.246 e. The molecule has 1 fully saturated rings. The number of nitrogens with zero attached hydrogens (tertiary/aromatic N) is 2. The van der Waals surface area contributed by atoms with Gasteiger partial charge in [-0.1, -0.05) is 6.92 Å². The summed E-state index contributed by atoms with van der Waals surface area (Å²) in [6.07, 6.45) is 2.14. The van der Waals surface area contributed by atoms with Crippen molar-refractivity contribution in [3.05, 3.63) is 16.7 Å². The number of hydrogen-bond acceptors (Lipinski definition) is 5. The molecule has 112 valence electrons. The first-order chi connectivity index (χ1) is 9.36. The van der Waals surface area contributed by atoms with Crippen LogP contribution in [0.25, 0.3) is 0 Å². The number of piperidine rings is 1. The van der Waals surface area contributed by atoms with Crippen LogP contribution in [0.5, 0.6) is 0 Å². The summed E-state index contributed by atoms with van der Waals surface area (Å²) in [7, 11) is -2.04. The fourth-order valence-corrected chi connectivity index (χ4v) is 4.35. The number of pyridine rings is 1. The molecule has 2 N–H and O–H groups in total. The quantitative estimate of drug-likeness (QED) is 0.878. The highest BCUT2D eigenvalue weighted by Crippen LogP contribution is 2.28. The number of anilines is 1. The zero-order chi connectivity index (χ0) is 14.9. The molecule has 20 heavy (non-hydrogen) atoms. The van der Waals surface area contributed by atoms with Crippen molar-refractivity contribution < 1.29 is 13.2 Å². The van der Waals surface area contributed by atoms with Gasteiger partial charge in [0.15, 0.2) is 0 Å². The van der Waals surface area contributed by atoms with Gasteiger partial charge in [0.1, 0.15) is 10.7 Å². The van der Waals surface area contributed by atoms with E-state index in [9.17, 15) is 8.42 Å². The molecule has 0 spiro atoms. The van der Waals surface area contributed by atoms with Crippen molar-refractivity contribution in [2.45, 2.75) is 24.3 Å². The lowest BCUT2D eigenvalue weighted by Gasteiger charge is -2.35. The van der Waals surface area contributed by atoms with Crippen LogP contribution in [0.15, 0.2) is 21.6 Å². The van der Waals surface area contributed by atoms with E-state index in [2.05, 4.69) is 27.8 Å². The molecule has 0 bridgehead atoms. The van der Waals surface area contributed by atoms with E-state index < -0.39 is 10.0 Å². The molecule has 2 rings (SSSR count). The number of rotatable bonds is 3. The van der Waals surface area contributed by atoms with E-state index in [-0.39, 0.29) is 16.8 Å². The summed E-state index contributed by atoms with van der Waals surface area (Å²) in [5, 5.41) is 0. The average Bonchev–Trinajstić information content (AvgIpc) is 2.41. The SMILES string of the molecule is COC1CN(S(=O)(=O)c2cc(Br)cnc2N)CCC1C. The summed E-state index contributed by atoms with van der Waals surface area (Å²) in [6.45, 7) is 2.87. The molecule has 0 amide bonds. The number of methoxy groups -OCH3 is 1. The Morgan fingerprint density at radius 1 is 1.55 bits per heavy atom. The van der Waals surface area contributed by atoms with Crippen molar-refractivity contribution in [2.24, 2.45) is 5.92 Å². The summed E-state index contributed by atoms with van der Waals surface area (Å²) in [5.41, 5.74) is 5.71. The summed E-state index contributed by atoms with van der Waals surface area (Å²) in [5.74, 6) is 0.352. The lowest BCUT2D eigenvalue weighted by atomic mass is 9.97. The van der Waals surface area contributed by atoms with Gasteiger partial charge in [0.2, 0.25) is 10.0 Å². The standard InChI is InChI=1S/C12H18BrN3O3S/c1-8-3-4-16(7-10(8)19-2)20(17,18)11-5-9(13)6-15-12(11)14/h5-6,8,10H,3-4,7H2,1-2H3,(H2,14,15). The van der Waals surface area contributed by atoms with Crippen molar-refractivity contribution in [1.29, 1.82) is 0 Å². The third-order valence-corrected chi connectivity index (χ3v) is 5.95. The smallest absolute Gasteiger partial charge is 0.246 e. The van der Waals surface area contributed by atoms with Crippen molar-refractivity contribution >= 4 is 31.8 Å². The minimum absolute atomic E-state index is 0.0146. The van der Waals surface area contributed by atoms with Crippen LogP contribution in [0.1, 0.15) is 13.3 Å². The first-order valence-corrected chi connectivity index (χ1v) is 8.53. The van der Waals surface area contributed by atoms with Crippen LogP contribution in [0.2, 0.25) is 0 Å². The van der Waals surface area contributed by atoms with Gasteiger partial charge in [0.25, 0.3) is 0 Å². The van der Waals surface area contributed by atoms with Gasteiger partial charge in [-0.25, -0.2) is 13.4 Å². The highest BCUT2D eigenvalue weighted by atomic mass is 79.9. The van der Waals surface area contributed by atoms with Gasteiger partial charge < -0.3 is 10.5 Å². The molecular weight excluding hydrogens is 346 g/mol. The van der Waals surface area contributed by atoms with Crippen LogP contribution in [0, 0.1) is 5.92 Å². The average molecular weight is 364 g/mol. The van der Waals surface area contributed by atoms with E-state index in [1.165, 1.54) is 16.6 Å². The molecule has 8 heteroatoms. The molecule has 0 aliphatic carbocycles. The number of aromatic nitrogens is 1. The fraction of sp³-hybridized carbons (Fsp3) is 0.583. The van der Waals surface area contributed by atoms with Crippen LogP contribution in [0.3, 0.4) is 0 Å². The van der Waals surface area contributed by atoms with Crippen molar-refractivity contribution in [3.63, 3.8) is 0 Å². The van der Waals surface area contributed by atoms with Gasteiger partial charge in [-0.15, -0.1) is 0 Å². The van der Waals surface area contributed by atoms with E-state index >= 15 is 0 Å². The van der Waals surface area contributed by atoms with Crippen LogP contribution in [-0.4, -0.2) is 44.0 Å². The highest BCUT2D eigenvalue weighted by molar-refractivity contribution is 9.10. The Kier molecular flexibility index (Phi) is 4.68. The molecule has 2 unspecified atom stereocenters. The van der Waals surface area contributed by atoms with Crippen LogP contribution in [-0.2, 0) is 14.8 Å². The molecule has 0 radical (unpaired) electrons. The van der Waals surface area contributed by atoms with Crippen LogP contribution in [0.4, 0.5) is 5.82 Å². The molecule has 1 aromatic rings. The zero-order valence-electron chi connectivity index (χ0n) is 11.4. The summed E-state index contributed by atoms with van der Waals surface area (Å²) >= 11 is 3.22. The maximum atomic E-state index is 12.7. The predicted molar refractivity (Wildman–Crippen MR) is 79.7 cm³/mol. The van der Waals surface area contributed by atoms with Crippen LogP contribution >= 0.6 is 15.9 Å². The number of nitrogen functional groups attached to an aromatic ring is 1. The summed E-state index contributed by atoms with van der Waals surface area (Å²) in [4.78, 5) is 3.93. The molecule has 1 aliphatic heterocycles. The van der Waals surface area contributed by atoms with Gasteiger partial charge in [0.05, 0.1) is 6.10 Å². The first kappa shape index (κ1) is 15.7. The monoisotopic (exact) mass is 363 g/mol. The van der Waals surface area contributed by atoms with Gasteiger partial charge >= 0.3 is 0 Å². The third-order valence-electron chi connectivity index (χ3n) is 3.62. The van der Waals surface area contributed by atoms with Crippen molar-refractivity contribution in [3.8, 4) is 0 Å². The number of nitrogens with two attached hydrogens (primary N) is 1. The van der Waals surface area contributed by atoms with Crippen molar-refractivity contribution in [2.75, 3.05) is 25.9 Å². The Labute approximate surface area is 127 Å². The lowest BCUT2D eigenvalue weighted by molar-refractivity contribution is 0.0184. The third kappa shape index (κ3) is 2.98. The zero-order valence-corrected chi connectivity index (χ0v) is 13.8. The van der Waals surface area contributed by atoms with Crippen molar-refractivity contribution in [1.82, 2.24) is 9.29 Å². The molecular formula is C12H18BrN3O3S. The molecule has 1 aliphatic rings. The predicted octanol–water partition coefficient (Wildman–Crippen LogP) is 1.47. The van der Waals surface area contributed by atoms with Gasteiger partial charge in [-0.2, -0.15) is 4.31 Å². The molecule has 0 saturated carbocycles. The van der Waals surface area contributed by atoms with E-state index in [0.717, 1.165) is 6.42 Å². The highest BCUT2D eigenvalue weighted by Gasteiger charge is 2.35. The Morgan fingerprint density at radius 3 is 2.90 bits per heavy atom. The molecule has 2 heterocycles. The van der Waals surface area contributed by atoms with E-state index in [4.69, 9.17) is 10.5 Å². The fourth-order valence-electron chi connectivity index (χ4n) is 2.31. The topological polar surface area (TPSA) is 85.5 Å². The second-order valence-corrected chi connectivity index (χ2v) is 7.76. The van der Waals surface area contributed by atoms with Crippen LogP contribution < -0.4 is 5.73 Å². The second kappa shape index (κ2) is 5.97. The first-order valence-electron chi connectivity index (χ1n) is 6.30. The number of halogens is 1. The number of hydrogen-bond donors (Lipinski definition) is 1.